The molecule has 2 aliphatic rings. The second-order valence-corrected chi connectivity index (χ2v) is 8.63. The summed E-state index contributed by atoms with van der Waals surface area (Å²) in [6, 6.07) is 10.3. The van der Waals surface area contributed by atoms with E-state index in [1.165, 1.54) is 12.3 Å². The summed E-state index contributed by atoms with van der Waals surface area (Å²) in [4.78, 5) is 20.8. The van der Waals surface area contributed by atoms with Gasteiger partial charge in [0.25, 0.3) is 0 Å². The minimum absolute atomic E-state index is 0.0722. The van der Waals surface area contributed by atoms with E-state index in [2.05, 4.69) is 15.2 Å². The van der Waals surface area contributed by atoms with Gasteiger partial charge in [0.15, 0.2) is 0 Å². The maximum Gasteiger partial charge on any atom is 0.419 e. The summed E-state index contributed by atoms with van der Waals surface area (Å²) in [5, 5.41) is 3.14. The fourth-order valence-corrected chi connectivity index (χ4v) is 4.65. The number of anilines is 2. The summed E-state index contributed by atoms with van der Waals surface area (Å²) in [5.74, 6) is 0.305. The van der Waals surface area contributed by atoms with Crippen LogP contribution >= 0.6 is 0 Å². The molecule has 0 radical (unpaired) electrons. The van der Waals surface area contributed by atoms with Crippen molar-refractivity contribution in [3.05, 3.63) is 48.2 Å². The Labute approximate surface area is 191 Å². The number of carbonyl (C=O) groups is 1. The monoisotopic (exact) mass is 462 g/mol. The highest BCUT2D eigenvalue weighted by atomic mass is 19.4. The molecule has 4 rings (SSSR count). The van der Waals surface area contributed by atoms with Crippen LogP contribution in [0.2, 0.25) is 0 Å². The highest BCUT2D eigenvalue weighted by Gasteiger charge is 2.37. The van der Waals surface area contributed by atoms with Gasteiger partial charge in [-0.1, -0.05) is 0 Å². The van der Waals surface area contributed by atoms with E-state index in [-0.39, 0.29) is 30.2 Å². The van der Waals surface area contributed by atoms with Crippen molar-refractivity contribution < 1.29 is 22.7 Å². The Hall–Kier alpha value is -2.97. The number of pyridine rings is 1. The zero-order chi connectivity index (χ0) is 23.4. The number of rotatable bonds is 5. The molecule has 178 valence electrons. The van der Waals surface area contributed by atoms with Gasteiger partial charge in [0.05, 0.1) is 18.6 Å². The van der Waals surface area contributed by atoms with Gasteiger partial charge in [0.1, 0.15) is 11.6 Å². The molecule has 9 heteroatoms. The highest BCUT2D eigenvalue weighted by molar-refractivity contribution is 5.80. The average Bonchev–Trinajstić information content (AvgIpc) is 2.84. The summed E-state index contributed by atoms with van der Waals surface area (Å²) in [6.07, 6.45) is -0.135. The van der Waals surface area contributed by atoms with Crippen molar-refractivity contribution in [1.82, 2.24) is 10.3 Å². The Kier molecular flexibility index (Phi) is 6.95. The molecule has 2 fully saturated rings. The SMILES string of the molecule is COc1ccc(N2CCC(NC(=O)C3CCCN(c4ncccc4C(F)(F)F)C3)CC2)cc1. The van der Waals surface area contributed by atoms with Crippen LogP contribution in [0, 0.1) is 5.92 Å². The van der Waals surface area contributed by atoms with Gasteiger partial charge in [-0.05, 0) is 62.1 Å². The molecule has 1 N–H and O–H groups in total. The van der Waals surface area contributed by atoms with Crippen LogP contribution < -0.4 is 19.9 Å². The largest absolute Gasteiger partial charge is 0.497 e. The molecule has 0 aliphatic carbocycles. The summed E-state index contributed by atoms with van der Waals surface area (Å²) in [7, 11) is 1.64. The first-order valence-electron chi connectivity index (χ1n) is 11.3. The molecule has 2 saturated heterocycles. The zero-order valence-electron chi connectivity index (χ0n) is 18.6. The van der Waals surface area contributed by atoms with E-state index in [1.54, 1.807) is 12.0 Å². The molecule has 33 heavy (non-hydrogen) atoms. The van der Waals surface area contributed by atoms with Crippen molar-refractivity contribution in [3.63, 3.8) is 0 Å². The van der Waals surface area contributed by atoms with Crippen molar-refractivity contribution in [2.45, 2.75) is 37.9 Å². The Balaban J connectivity index is 1.32. The molecule has 1 aromatic carbocycles. The average molecular weight is 463 g/mol. The predicted molar refractivity (Wildman–Crippen MR) is 121 cm³/mol. The molecule has 1 aromatic heterocycles. The number of nitrogens with one attached hydrogen (secondary N) is 1. The number of carbonyl (C=O) groups excluding carboxylic acids is 1. The van der Waals surface area contributed by atoms with E-state index in [4.69, 9.17) is 4.74 Å². The van der Waals surface area contributed by atoms with E-state index in [9.17, 15) is 18.0 Å². The third-order valence-electron chi connectivity index (χ3n) is 6.46. The fourth-order valence-electron chi connectivity index (χ4n) is 4.65. The highest BCUT2D eigenvalue weighted by Crippen LogP contribution is 2.36. The Morgan fingerprint density at radius 1 is 1.06 bits per heavy atom. The lowest BCUT2D eigenvalue weighted by molar-refractivity contribution is -0.137. The number of alkyl halides is 3. The van der Waals surface area contributed by atoms with E-state index < -0.39 is 11.7 Å². The number of halogens is 3. The third-order valence-corrected chi connectivity index (χ3v) is 6.46. The maximum atomic E-state index is 13.4. The number of benzene rings is 1. The van der Waals surface area contributed by atoms with Crippen molar-refractivity contribution in [2.75, 3.05) is 43.1 Å². The summed E-state index contributed by atoms with van der Waals surface area (Å²) >= 11 is 0. The van der Waals surface area contributed by atoms with Gasteiger partial charge in [-0.25, -0.2) is 4.98 Å². The van der Waals surface area contributed by atoms with Gasteiger partial charge >= 0.3 is 6.18 Å². The number of hydrogen-bond donors (Lipinski definition) is 1. The van der Waals surface area contributed by atoms with E-state index >= 15 is 0 Å². The normalized spacial score (nSPS) is 19.9. The second kappa shape index (κ2) is 9.89. The van der Waals surface area contributed by atoms with E-state index in [0.717, 1.165) is 43.4 Å². The van der Waals surface area contributed by atoms with E-state index in [1.807, 2.05) is 24.3 Å². The number of hydrogen-bond acceptors (Lipinski definition) is 5. The molecule has 0 bridgehead atoms. The van der Waals surface area contributed by atoms with Crippen LogP contribution in [0.4, 0.5) is 24.7 Å². The van der Waals surface area contributed by atoms with Crippen LogP contribution in [-0.2, 0) is 11.0 Å². The molecule has 2 aromatic rings. The lowest BCUT2D eigenvalue weighted by atomic mass is 9.95. The molecule has 3 heterocycles. The topological polar surface area (TPSA) is 57.7 Å². The van der Waals surface area contributed by atoms with Crippen LogP contribution in [0.25, 0.3) is 0 Å². The standard InChI is InChI=1S/C24H29F3N4O2/c1-33-20-8-6-19(7-9-20)30-14-10-18(11-15-30)29-23(32)17-4-3-13-31(16-17)22-21(24(25,26)27)5-2-12-28-22/h2,5-9,12,17-18H,3-4,10-11,13-16H2,1H3,(H,29,32). The minimum Gasteiger partial charge on any atom is -0.497 e. The molecule has 1 unspecified atom stereocenters. The van der Waals surface area contributed by atoms with Crippen molar-refractivity contribution in [2.24, 2.45) is 5.92 Å². The van der Waals surface area contributed by atoms with Gasteiger partial charge in [0.2, 0.25) is 5.91 Å². The van der Waals surface area contributed by atoms with Gasteiger partial charge in [-0.2, -0.15) is 13.2 Å². The molecular weight excluding hydrogens is 433 g/mol. The van der Waals surface area contributed by atoms with Crippen molar-refractivity contribution >= 4 is 17.4 Å². The summed E-state index contributed by atoms with van der Waals surface area (Å²) in [5.41, 5.74) is 0.372. The van der Waals surface area contributed by atoms with Crippen LogP contribution in [-0.4, -0.2) is 50.2 Å². The first kappa shape index (κ1) is 23.2. The number of amides is 1. The van der Waals surface area contributed by atoms with Gasteiger partial charge in [0, 0.05) is 44.1 Å². The Morgan fingerprint density at radius 2 is 1.79 bits per heavy atom. The number of nitrogens with zero attached hydrogens (tertiary/aromatic N) is 3. The maximum absolute atomic E-state index is 13.4. The quantitative estimate of drug-likeness (QED) is 0.725. The van der Waals surface area contributed by atoms with E-state index in [0.29, 0.717) is 19.4 Å². The van der Waals surface area contributed by atoms with Crippen LogP contribution in [0.3, 0.4) is 0 Å². The third kappa shape index (κ3) is 5.51. The molecule has 1 atom stereocenters. The van der Waals surface area contributed by atoms with Crippen LogP contribution in [0.15, 0.2) is 42.6 Å². The van der Waals surface area contributed by atoms with Crippen LogP contribution in [0.5, 0.6) is 5.75 Å². The van der Waals surface area contributed by atoms with Gasteiger partial charge in [-0.15, -0.1) is 0 Å². The van der Waals surface area contributed by atoms with Gasteiger partial charge < -0.3 is 19.9 Å². The Morgan fingerprint density at radius 3 is 2.45 bits per heavy atom. The fraction of sp³-hybridized carbons (Fsp3) is 0.500. The minimum atomic E-state index is -4.48. The molecule has 2 aliphatic heterocycles. The van der Waals surface area contributed by atoms with Gasteiger partial charge in [-0.3, -0.25) is 4.79 Å². The molecule has 0 spiro atoms. The molecule has 0 saturated carbocycles. The number of methoxy groups -OCH3 is 1. The summed E-state index contributed by atoms with van der Waals surface area (Å²) in [6.45, 7) is 2.37. The molecular formula is C24H29F3N4O2. The Bertz CT molecular complexity index is 943. The molecule has 6 nitrogen and oxygen atoms in total. The van der Waals surface area contributed by atoms with Crippen LogP contribution in [0.1, 0.15) is 31.2 Å². The van der Waals surface area contributed by atoms with Crippen molar-refractivity contribution in [3.8, 4) is 5.75 Å². The second-order valence-electron chi connectivity index (χ2n) is 8.63. The first-order valence-corrected chi connectivity index (χ1v) is 11.3. The number of aromatic nitrogens is 1. The number of ether oxygens (including phenoxy) is 1. The molecule has 1 amide bonds. The summed E-state index contributed by atoms with van der Waals surface area (Å²) < 4.78 is 45.4. The zero-order valence-corrected chi connectivity index (χ0v) is 18.6. The first-order chi connectivity index (χ1) is 15.8. The lowest BCUT2D eigenvalue weighted by Crippen LogP contribution is -2.49. The lowest BCUT2D eigenvalue weighted by Gasteiger charge is -2.37. The number of piperidine rings is 2. The predicted octanol–water partition coefficient (Wildman–Crippen LogP) is 4.11. The van der Waals surface area contributed by atoms with Crippen molar-refractivity contribution in [1.29, 1.82) is 0 Å². The smallest absolute Gasteiger partial charge is 0.419 e.